The van der Waals surface area contributed by atoms with Crippen molar-refractivity contribution in [3.63, 3.8) is 0 Å². The number of hydrogen-bond donors (Lipinski definition) is 2. The molecule has 0 radical (unpaired) electrons. The third-order valence-electron chi connectivity index (χ3n) is 5.23. The minimum atomic E-state index is -1.08. The Kier molecular flexibility index (Phi) is 5.64. The van der Waals surface area contributed by atoms with Gasteiger partial charge in [-0.15, -0.1) is 11.3 Å². The number of hydrogen-bond acceptors (Lipinski definition) is 4. The predicted molar refractivity (Wildman–Crippen MR) is 117 cm³/mol. The lowest BCUT2D eigenvalue weighted by Gasteiger charge is -2.22. The van der Waals surface area contributed by atoms with Crippen molar-refractivity contribution in [3.05, 3.63) is 80.8 Å². The van der Waals surface area contributed by atoms with E-state index in [4.69, 9.17) is 0 Å². The molecule has 1 heterocycles. The Hall–Kier alpha value is -3.43. The van der Waals surface area contributed by atoms with Crippen molar-refractivity contribution < 1.29 is 14.7 Å². The van der Waals surface area contributed by atoms with Gasteiger partial charge in [-0.1, -0.05) is 30.5 Å². The van der Waals surface area contributed by atoms with Crippen molar-refractivity contribution in [2.24, 2.45) is 0 Å². The number of nitrogens with zero attached hydrogens (tertiary/aromatic N) is 1. The monoisotopic (exact) mass is 416 g/mol. The number of aromatic carboxylic acids is 1. The Morgan fingerprint density at radius 3 is 2.70 bits per heavy atom. The standard InChI is InChI=1S/C24H20N2O3S/c1-15-5-2-10-19(24(28)29)22(15)26-23(27)18-9-3-6-16(13-18)11-12-21-25-20(14-30-21)17-7-4-8-17/h2-3,5-6,9-10,13-14,17H,4,7-8H2,1H3,(H,26,27)(H,28,29). The molecule has 1 saturated carbocycles. The highest BCUT2D eigenvalue weighted by molar-refractivity contribution is 7.10. The van der Waals surface area contributed by atoms with Crippen LogP contribution in [-0.4, -0.2) is 22.0 Å². The molecule has 2 aromatic carbocycles. The fourth-order valence-electron chi connectivity index (χ4n) is 3.30. The zero-order valence-corrected chi connectivity index (χ0v) is 17.3. The number of benzene rings is 2. The van der Waals surface area contributed by atoms with Crippen molar-refractivity contribution >= 4 is 28.9 Å². The van der Waals surface area contributed by atoms with Crippen LogP contribution in [0.1, 0.15) is 67.7 Å². The number of carbonyl (C=O) groups excluding carboxylic acids is 1. The summed E-state index contributed by atoms with van der Waals surface area (Å²) in [5.41, 5.74) is 3.30. The van der Waals surface area contributed by atoms with Gasteiger partial charge in [-0.05, 0) is 55.5 Å². The smallest absolute Gasteiger partial charge is 0.337 e. The van der Waals surface area contributed by atoms with E-state index < -0.39 is 5.97 Å². The van der Waals surface area contributed by atoms with Crippen molar-refractivity contribution in [1.29, 1.82) is 0 Å². The van der Waals surface area contributed by atoms with Crippen molar-refractivity contribution in [2.75, 3.05) is 5.32 Å². The molecule has 5 nitrogen and oxygen atoms in total. The molecule has 1 aromatic heterocycles. The number of carboxylic acids is 1. The average Bonchev–Trinajstić information content (AvgIpc) is 3.14. The van der Waals surface area contributed by atoms with E-state index in [9.17, 15) is 14.7 Å². The highest BCUT2D eigenvalue weighted by Gasteiger charge is 2.21. The lowest BCUT2D eigenvalue weighted by atomic mass is 9.83. The van der Waals surface area contributed by atoms with Crippen molar-refractivity contribution in [2.45, 2.75) is 32.1 Å². The zero-order chi connectivity index (χ0) is 21.1. The van der Waals surface area contributed by atoms with Crippen molar-refractivity contribution in [1.82, 2.24) is 4.98 Å². The van der Waals surface area contributed by atoms with Gasteiger partial charge < -0.3 is 10.4 Å². The number of aromatic nitrogens is 1. The molecule has 4 rings (SSSR count). The molecule has 1 aliphatic rings. The zero-order valence-electron chi connectivity index (χ0n) is 16.4. The van der Waals surface area contributed by atoms with Gasteiger partial charge in [0.2, 0.25) is 0 Å². The minimum absolute atomic E-state index is 0.0605. The molecule has 0 bridgehead atoms. The van der Waals surface area contributed by atoms with E-state index in [1.807, 2.05) is 6.07 Å². The number of carbonyl (C=O) groups is 2. The normalized spacial score (nSPS) is 13.1. The second-order valence-corrected chi connectivity index (χ2v) is 8.15. The Bertz CT molecular complexity index is 1180. The predicted octanol–water partition coefficient (Wildman–Crippen LogP) is 5.07. The second-order valence-electron chi connectivity index (χ2n) is 7.29. The summed E-state index contributed by atoms with van der Waals surface area (Å²) in [6.45, 7) is 1.76. The van der Waals surface area contributed by atoms with Gasteiger partial charge in [0.05, 0.1) is 16.9 Å². The molecular formula is C24H20N2O3S. The number of carboxylic acid groups (broad SMARTS) is 1. The van der Waals surface area contributed by atoms with Crippen LogP contribution in [0.25, 0.3) is 0 Å². The van der Waals surface area contributed by atoms with Gasteiger partial charge in [0.1, 0.15) is 0 Å². The second kappa shape index (κ2) is 8.52. The van der Waals surface area contributed by atoms with E-state index in [0.29, 0.717) is 28.3 Å². The van der Waals surface area contributed by atoms with Crippen LogP contribution in [0.4, 0.5) is 5.69 Å². The van der Waals surface area contributed by atoms with E-state index in [1.54, 1.807) is 48.6 Å². The number of para-hydroxylation sites is 1. The number of nitrogens with one attached hydrogen (secondary N) is 1. The molecule has 3 aromatic rings. The van der Waals surface area contributed by atoms with E-state index in [-0.39, 0.29) is 11.5 Å². The lowest BCUT2D eigenvalue weighted by Crippen LogP contribution is -2.16. The molecule has 1 amide bonds. The highest BCUT2D eigenvalue weighted by atomic mass is 32.1. The van der Waals surface area contributed by atoms with Crippen LogP contribution in [0.2, 0.25) is 0 Å². The molecular weight excluding hydrogens is 396 g/mol. The van der Waals surface area contributed by atoms with Gasteiger partial charge in [0, 0.05) is 22.4 Å². The average molecular weight is 417 g/mol. The van der Waals surface area contributed by atoms with Gasteiger partial charge in [-0.25, -0.2) is 9.78 Å². The number of amides is 1. The maximum atomic E-state index is 12.7. The Labute approximate surface area is 178 Å². The molecule has 0 unspecified atom stereocenters. The summed E-state index contributed by atoms with van der Waals surface area (Å²) in [6.07, 6.45) is 3.69. The molecule has 0 spiro atoms. The van der Waals surface area contributed by atoms with Crippen LogP contribution in [0, 0.1) is 18.8 Å². The van der Waals surface area contributed by atoms with Crippen LogP contribution in [-0.2, 0) is 0 Å². The maximum absolute atomic E-state index is 12.7. The van der Waals surface area contributed by atoms with Gasteiger partial charge >= 0.3 is 5.97 Å². The third kappa shape index (κ3) is 4.27. The number of rotatable bonds is 4. The highest BCUT2D eigenvalue weighted by Crippen LogP contribution is 2.36. The lowest BCUT2D eigenvalue weighted by molar-refractivity contribution is 0.0698. The number of thiazole rings is 1. The van der Waals surface area contributed by atoms with E-state index in [2.05, 4.69) is 27.5 Å². The van der Waals surface area contributed by atoms with Crippen LogP contribution in [0.15, 0.2) is 47.8 Å². The molecule has 1 fully saturated rings. The number of anilines is 1. The first-order chi connectivity index (χ1) is 14.5. The van der Waals surface area contributed by atoms with Gasteiger partial charge in [-0.2, -0.15) is 0 Å². The molecule has 0 atom stereocenters. The fraction of sp³-hybridized carbons (Fsp3) is 0.208. The Balaban J connectivity index is 1.52. The Morgan fingerprint density at radius 1 is 1.17 bits per heavy atom. The summed E-state index contributed by atoms with van der Waals surface area (Å²) in [6, 6.07) is 11.9. The summed E-state index contributed by atoms with van der Waals surface area (Å²) < 4.78 is 0. The van der Waals surface area contributed by atoms with E-state index in [1.165, 1.54) is 25.3 Å². The quantitative estimate of drug-likeness (QED) is 0.582. The van der Waals surface area contributed by atoms with Crippen LogP contribution >= 0.6 is 11.3 Å². The SMILES string of the molecule is Cc1cccc(C(=O)O)c1NC(=O)c1cccc(C#Cc2nc(C3CCC3)cs2)c1. The minimum Gasteiger partial charge on any atom is -0.478 e. The van der Waals surface area contributed by atoms with Gasteiger partial charge in [-0.3, -0.25) is 4.79 Å². The molecule has 1 aliphatic carbocycles. The Morgan fingerprint density at radius 2 is 1.97 bits per heavy atom. The van der Waals surface area contributed by atoms with Crippen LogP contribution in [0.3, 0.4) is 0 Å². The van der Waals surface area contributed by atoms with Crippen LogP contribution in [0.5, 0.6) is 0 Å². The molecule has 0 saturated heterocycles. The molecule has 2 N–H and O–H groups in total. The maximum Gasteiger partial charge on any atom is 0.337 e. The first-order valence-corrected chi connectivity index (χ1v) is 10.6. The first kappa shape index (κ1) is 19.9. The third-order valence-corrected chi connectivity index (χ3v) is 6.00. The molecule has 0 aliphatic heterocycles. The summed E-state index contributed by atoms with van der Waals surface area (Å²) in [7, 11) is 0. The van der Waals surface area contributed by atoms with Crippen molar-refractivity contribution in [3.8, 4) is 11.8 Å². The van der Waals surface area contributed by atoms with Crippen LogP contribution < -0.4 is 5.32 Å². The molecule has 30 heavy (non-hydrogen) atoms. The van der Waals surface area contributed by atoms with E-state index in [0.717, 1.165) is 10.7 Å². The molecule has 6 heteroatoms. The van der Waals surface area contributed by atoms with Gasteiger partial charge in [0.15, 0.2) is 5.01 Å². The number of aryl methyl sites for hydroxylation is 1. The fourth-order valence-corrected chi connectivity index (χ4v) is 4.04. The first-order valence-electron chi connectivity index (χ1n) is 9.73. The van der Waals surface area contributed by atoms with E-state index >= 15 is 0 Å². The molecule has 150 valence electrons. The largest absolute Gasteiger partial charge is 0.478 e. The topological polar surface area (TPSA) is 79.3 Å². The summed E-state index contributed by atoms with van der Waals surface area (Å²) in [4.78, 5) is 28.8. The summed E-state index contributed by atoms with van der Waals surface area (Å²) in [5, 5.41) is 15.0. The van der Waals surface area contributed by atoms with Gasteiger partial charge in [0.25, 0.3) is 5.91 Å². The summed E-state index contributed by atoms with van der Waals surface area (Å²) >= 11 is 1.54. The summed E-state index contributed by atoms with van der Waals surface area (Å²) in [5.74, 6) is 5.28.